The fourth-order valence-electron chi connectivity index (χ4n) is 7.75. The number of aliphatic hydroxyl groups is 1. The Morgan fingerprint density at radius 3 is 2.13 bits per heavy atom. The number of β-amino-alcohol motifs (C(OH)–C–C–N with tert-alkyl or cyclic N) is 1. The minimum atomic E-state index is -1.67. The van der Waals surface area contributed by atoms with Gasteiger partial charge in [0, 0.05) is 44.5 Å². The lowest BCUT2D eigenvalue weighted by atomic mass is 9.89. The van der Waals surface area contributed by atoms with Crippen LogP contribution < -0.4 is 4.74 Å². The first-order valence-electron chi connectivity index (χ1n) is 16.7. The molecule has 0 spiro atoms. The first-order valence-corrected chi connectivity index (χ1v) is 16.7. The van der Waals surface area contributed by atoms with E-state index in [0.717, 1.165) is 72.2 Å². The normalized spacial score (nSPS) is 22.7. The molecule has 5 aromatic carbocycles. The van der Waals surface area contributed by atoms with Crippen molar-refractivity contribution in [2.75, 3.05) is 39.3 Å². The summed E-state index contributed by atoms with van der Waals surface area (Å²) >= 11 is 0. The highest BCUT2D eigenvalue weighted by molar-refractivity contribution is 6.00. The molecule has 46 heavy (non-hydrogen) atoms. The lowest BCUT2D eigenvalue weighted by molar-refractivity contribution is 0.0531. The van der Waals surface area contributed by atoms with E-state index in [1.165, 1.54) is 10.8 Å². The molecule has 236 valence electrons. The summed E-state index contributed by atoms with van der Waals surface area (Å²) in [7, 11) is 0. The summed E-state index contributed by atoms with van der Waals surface area (Å²) in [5.41, 5.74) is 3.82. The molecule has 6 heteroatoms. The van der Waals surface area contributed by atoms with Gasteiger partial charge in [-0.25, -0.2) is 8.78 Å². The molecule has 0 radical (unpaired) electrons. The second kappa shape index (κ2) is 12.4. The molecule has 2 aliphatic carbocycles. The number of piperazine rings is 1. The summed E-state index contributed by atoms with van der Waals surface area (Å²) in [5, 5.41) is 15.6. The zero-order chi connectivity index (χ0) is 31.2. The molecule has 8 rings (SSSR count). The Kier molecular flexibility index (Phi) is 7.97. The quantitative estimate of drug-likeness (QED) is 0.177. The lowest BCUT2D eigenvalue weighted by Crippen LogP contribution is -2.50. The Balaban J connectivity index is 0.931. The molecule has 1 saturated carbocycles. The fourth-order valence-corrected chi connectivity index (χ4v) is 7.75. The van der Waals surface area contributed by atoms with Crippen molar-refractivity contribution in [2.45, 2.75) is 49.7 Å². The SMILES string of the molecule is OC(CCOc1cccc2cc3ccccc3cc12)CN1CCN(C2c3ccccc3C(F)C(F)c3c(C4CC4)cccc32)CC1. The molecule has 4 unspecified atom stereocenters. The van der Waals surface area contributed by atoms with Crippen molar-refractivity contribution in [1.82, 2.24) is 9.80 Å². The minimum absolute atomic E-state index is 0.192. The van der Waals surface area contributed by atoms with Crippen molar-refractivity contribution in [3.8, 4) is 5.75 Å². The Morgan fingerprint density at radius 2 is 1.35 bits per heavy atom. The monoisotopic (exact) mass is 618 g/mol. The summed E-state index contributed by atoms with van der Waals surface area (Å²) in [6.07, 6.45) is -1.22. The predicted molar refractivity (Wildman–Crippen MR) is 180 cm³/mol. The second-order valence-corrected chi connectivity index (χ2v) is 13.3. The number of halogens is 2. The molecule has 0 aromatic heterocycles. The average molecular weight is 619 g/mol. The highest BCUT2D eigenvalue weighted by Gasteiger charge is 2.42. The van der Waals surface area contributed by atoms with Gasteiger partial charge in [-0.3, -0.25) is 9.80 Å². The summed E-state index contributed by atoms with van der Waals surface area (Å²) in [6, 6.07) is 32.2. The van der Waals surface area contributed by atoms with Crippen LogP contribution in [-0.2, 0) is 0 Å². The van der Waals surface area contributed by atoms with Crippen molar-refractivity contribution in [3.63, 3.8) is 0 Å². The molecule has 1 saturated heterocycles. The number of ether oxygens (including phenoxy) is 1. The smallest absolute Gasteiger partial charge is 0.161 e. The molecule has 5 aromatic rings. The molecule has 0 amide bonds. The molecular formula is C40H40F2N2O2. The Morgan fingerprint density at radius 1 is 0.696 bits per heavy atom. The first kappa shape index (κ1) is 29.6. The van der Waals surface area contributed by atoms with Crippen molar-refractivity contribution < 1.29 is 18.6 Å². The Hall–Kier alpha value is -3.84. The number of rotatable bonds is 8. The van der Waals surface area contributed by atoms with E-state index >= 15 is 8.78 Å². The zero-order valence-electron chi connectivity index (χ0n) is 26.0. The zero-order valence-corrected chi connectivity index (χ0v) is 26.0. The highest BCUT2D eigenvalue weighted by atomic mass is 19.2. The largest absolute Gasteiger partial charge is 0.493 e. The van der Waals surface area contributed by atoms with Gasteiger partial charge in [0.2, 0.25) is 0 Å². The molecule has 4 atom stereocenters. The molecule has 1 N–H and O–H groups in total. The van der Waals surface area contributed by atoms with Crippen molar-refractivity contribution in [3.05, 3.63) is 125 Å². The molecule has 1 heterocycles. The van der Waals surface area contributed by atoms with Crippen LogP contribution >= 0.6 is 0 Å². The maximum absolute atomic E-state index is 16.0. The lowest BCUT2D eigenvalue weighted by Gasteiger charge is -2.41. The third kappa shape index (κ3) is 5.57. The van der Waals surface area contributed by atoms with Gasteiger partial charge in [-0.2, -0.15) is 0 Å². The minimum Gasteiger partial charge on any atom is -0.493 e. The summed E-state index contributed by atoms with van der Waals surface area (Å²) in [4.78, 5) is 4.68. The van der Waals surface area contributed by atoms with Crippen LogP contribution in [0.25, 0.3) is 21.5 Å². The van der Waals surface area contributed by atoms with Gasteiger partial charge in [0.25, 0.3) is 0 Å². The van der Waals surface area contributed by atoms with E-state index in [1.807, 2.05) is 54.6 Å². The average Bonchev–Trinajstić information content (AvgIpc) is 3.94. The maximum Gasteiger partial charge on any atom is 0.161 e. The number of hydrogen-bond donors (Lipinski definition) is 1. The standard InChI is InChI=1S/C40H40F2N2O2/c41-38-32-10-3-4-11-33(32)40(34-13-6-12-31(26-15-16-26)37(34)39(38)42)44-20-18-43(19-21-44)25-30(45)17-22-46-36-14-5-9-29-23-27-7-1-2-8-28(27)24-35(29)36/h1-14,23-24,26,30,38-40,45H,15-22,25H2. The molecule has 2 fully saturated rings. The molecule has 4 nitrogen and oxygen atoms in total. The summed E-state index contributed by atoms with van der Waals surface area (Å²) in [6.45, 7) is 4.08. The van der Waals surface area contributed by atoms with Crippen LogP contribution in [0, 0.1) is 0 Å². The van der Waals surface area contributed by atoms with Gasteiger partial charge in [-0.1, -0.05) is 78.9 Å². The van der Waals surface area contributed by atoms with Crippen LogP contribution in [0.3, 0.4) is 0 Å². The van der Waals surface area contributed by atoms with E-state index in [9.17, 15) is 5.11 Å². The van der Waals surface area contributed by atoms with E-state index in [0.29, 0.717) is 36.6 Å². The van der Waals surface area contributed by atoms with Crippen LogP contribution in [-0.4, -0.2) is 60.3 Å². The highest BCUT2D eigenvalue weighted by Crippen LogP contribution is 2.53. The number of benzene rings is 5. The van der Waals surface area contributed by atoms with Crippen molar-refractivity contribution >= 4 is 21.5 Å². The molecular weight excluding hydrogens is 578 g/mol. The third-order valence-electron chi connectivity index (χ3n) is 10.3. The Labute approximate surface area is 269 Å². The van der Waals surface area contributed by atoms with E-state index in [4.69, 9.17) is 4.74 Å². The second-order valence-electron chi connectivity index (χ2n) is 13.3. The van der Waals surface area contributed by atoms with Crippen molar-refractivity contribution in [1.29, 1.82) is 0 Å². The topological polar surface area (TPSA) is 35.9 Å². The van der Waals surface area contributed by atoms with E-state index < -0.39 is 18.4 Å². The summed E-state index contributed by atoms with van der Waals surface area (Å²) in [5.74, 6) is 1.17. The number of fused-ring (bicyclic) bond motifs is 4. The van der Waals surface area contributed by atoms with Gasteiger partial charge >= 0.3 is 0 Å². The number of alkyl halides is 2. The number of aliphatic hydroxyl groups excluding tert-OH is 1. The first-order chi connectivity index (χ1) is 22.5. The maximum atomic E-state index is 16.0. The predicted octanol–water partition coefficient (Wildman–Crippen LogP) is 8.44. The van der Waals surface area contributed by atoms with Crippen LogP contribution in [0.2, 0.25) is 0 Å². The summed E-state index contributed by atoms with van der Waals surface area (Å²) < 4.78 is 38.0. The van der Waals surface area contributed by atoms with Crippen LogP contribution in [0.15, 0.2) is 97.1 Å². The molecule has 1 aliphatic heterocycles. The van der Waals surface area contributed by atoms with Crippen LogP contribution in [0.1, 0.15) is 71.4 Å². The van der Waals surface area contributed by atoms with Gasteiger partial charge in [-0.05, 0) is 80.9 Å². The van der Waals surface area contributed by atoms with Gasteiger partial charge in [0.1, 0.15) is 5.75 Å². The fraction of sp³-hybridized carbons (Fsp3) is 0.350. The van der Waals surface area contributed by atoms with Gasteiger partial charge in [0.05, 0.1) is 18.8 Å². The van der Waals surface area contributed by atoms with E-state index in [-0.39, 0.29) is 6.04 Å². The van der Waals surface area contributed by atoms with Crippen LogP contribution in [0.4, 0.5) is 8.78 Å². The van der Waals surface area contributed by atoms with Gasteiger partial charge < -0.3 is 9.84 Å². The molecule has 0 bridgehead atoms. The third-order valence-corrected chi connectivity index (χ3v) is 10.3. The van der Waals surface area contributed by atoms with E-state index in [1.54, 1.807) is 6.07 Å². The molecule has 3 aliphatic rings. The number of hydrogen-bond acceptors (Lipinski definition) is 4. The van der Waals surface area contributed by atoms with Gasteiger partial charge in [0.15, 0.2) is 12.3 Å². The van der Waals surface area contributed by atoms with Crippen molar-refractivity contribution in [2.24, 2.45) is 0 Å². The van der Waals surface area contributed by atoms with Crippen LogP contribution in [0.5, 0.6) is 5.75 Å². The Bertz CT molecular complexity index is 1870. The van der Waals surface area contributed by atoms with Gasteiger partial charge in [-0.15, -0.1) is 0 Å². The number of nitrogens with zero attached hydrogens (tertiary/aromatic N) is 2. The van der Waals surface area contributed by atoms with E-state index in [2.05, 4.69) is 46.2 Å².